The quantitative estimate of drug-likeness (QED) is 0.393. The molecule has 1 aromatic heterocycles. The van der Waals surface area contributed by atoms with Gasteiger partial charge in [0.15, 0.2) is 0 Å². The van der Waals surface area contributed by atoms with Crippen LogP contribution in [-0.4, -0.2) is 86.0 Å². The molecule has 0 unspecified atom stereocenters. The number of fused-ring (bicyclic) bond motifs is 1. The Morgan fingerprint density at radius 2 is 1.62 bits per heavy atom. The summed E-state index contributed by atoms with van der Waals surface area (Å²) in [6.07, 6.45) is 0. The van der Waals surface area contributed by atoms with Gasteiger partial charge in [0.05, 0.1) is 36.7 Å². The maximum absolute atomic E-state index is 13.4. The van der Waals surface area contributed by atoms with Gasteiger partial charge in [0.2, 0.25) is 10.0 Å². The number of nitrogens with one attached hydrogen (secondary N) is 1. The highest BCUT2D eigenvalue weighted by Gasteiger charge is 2.32. The molecule has 0 bridgehead atoms. The third-order valence-electron chi connectivity index (χ3n) is 6.67. The number of carbonyl (C=O) groups is 2. The molecule has 1 aliphatic rings. The molecule has 0 amide bonds. The second-order valence-corrected chi connectivity index (χ2v) is 11.5. The molecule has 2 aromatic carbocycles. The number of carbonyl (C=O) groups excluding carboxylic acids is 2. The van der Waals surface area contributed by atoms with Crippen LogP contribution in [0.4, 0.5) is 5.82 Å². The second-order valence-electron chi connectivity index (χ2n) is 9.56. The van der Waals surface area contributed by atoms with Gasteiger partial charge in [0.1, 0.15) is 17.7 Å². The number of sulfonamides is 1. The molecule has 1 atom stereocenters. The Kier molecular flexibility index (Phi) is 8.78. The molecule has 0 radical (unpaired) electrons. The summed E-state index contributed by atoms with van der Waals surface area (Å²) in [5.41, 5.74) is 0.747. The van der Waals surface area contributed by atoms with Crippen molar-refractivity contribution in [3.8, 4) is 0 Å². The summed E-state index contributed by atoms with van der Waals surface area (Å²) in [5, 5.41) is 4.03. The molecule has 4 rings (SSSR count). The predicted octanol–water partition coefficient (Wildman–Crippen LogP) is 2.53. The lowest BCUT2D eigenvalue weighted by Gasteiger charge is -2.33. The van der Waals surface area contributed by atoms with Crippen LogP contribution in [-0.2, 0) is 30.8 Å². The minimum absolute atomic E-state index is 0.0127. The standard InChI is InChI=1S/C27H33N5O6S/c1-18(2)24(27(34)38-4)30-25-19-9-5-7-11-21(19)28-23(29-25)17-31-13-15-32(16-14-31)39(35,36)22-12-8-6-10-20(22)26(33)37-3/h5-12,18,24H,13-17H2,1-4H3,(H,28,29,30)/t24-/m0/s1. The highest BCUT2D eigenvalue weighted by atomic mass is 32.2. The molecule has 39 heavy (non-hydrogen) atoms. The molecule has 2 heterocycles. The number of benzene rings is 2. The Morgan fingerprint density at radius 3 is 2.28 bits per heavy atom. The lowest BCUT2D eigenvalue weighted by molar-refractivity contribution is -0.142. The average Bonchev–Trinajstić information content (AvgIpc) is 2.95. The van der Waals surface area contributed by atoms with Crippen LogP contribution in [0.15, 0.2) is 53.4 Å². The zero-order valence-corrected chi connectivity index (χ0v) is 23.3. The van der Waals surface area contributed by atoms with Gasteiger partial charge in [0, 0.05) is 31.6 Å². The lowest BCUT2D eigenvalue weighted by Crippen LogP contribution is -2.48. The van der Waals surface area contributed by atoms with Gasteiger partial charge < -0.3 is 14.8 Å². The number of aromatic nitrogens is 2. The van der Waals surface area contributed by atoms with Crippen molar-refractivity contribution in [2.24, 2.45) is 5.92 Å². The molecule has 1 aliphatic heterocycles. The van der Waals surface area contributed by atoms with E-state index in [2.05, 4.69) is 10.2 Å². The van der Waals surface area contributed by atoms with Crippen molar-refractivity contribution in [1.29, 1.82) is 0 Å². The van der Waals surface area contributed by atoms with Crippen LogP contribution in [0.3, 0.4) is 0 Å². The van der Waals surface area contributed by atoms with Crippen molar-refractivity contribution >= 4 is 38.7 Å². The smallest absolute Gasteiger partial charge is 0.339 e. The van der Waals surface area contributed by atoms with E-state index in [1.807, 2.05) is 38.1 Å². The van der Waals surface area contributed by atoms with E-state index in [1.54, 1.807) is 12.1 Å². The maximum Gasteiger partial charge on any atom is 0.339 e. The molecule has 0 spiro atoms. The Hall–Kier alpha value is -3.61. The van der Waals surface area contributed by atoms with E-state index in [1.165, 1.54) is 30.7 Å². The van der Waals surface area contributed by atoms with Gasteiger partial charge in [-0.1, -0.05) is 38.1 Å². The normalized spacial score (nSPS) is 15.7. The van der Waals surface area contributed by atoms with Crippen molar-refractivity contribution in [3.05, 3.63) is 59.9 Å². The Bertz CT molecular complexity index is 1450. The van der Waals surface area contributed by atoms with Crippen molar-refractivity contribution in [2.75, 3.05) is 45.7 Å². The summed E-state index contributed by atoms with van der Waals surface area (Å²) >= 11 is 0. The second kappa shape index (κ2) is 12.1. The van der Waals surface area contributed by atoms with Crippen LogP contribution < -0.4 is 5.32 Å². The highest BCUT2D eigenvalue weighted by molar-refractivity contribution is 7.89. The molecule has 1 fully saturated rings. The Balaban J connectivity index is 1.51. The fraction of sp³-hybridized carbons (Fsp3) is 0.407. The van der Waals surface area contributed by atoms with Crippen molar-refractivity contribution in [1.82, 2.24) is 19.2 Å². The summed E-state index contributed by atoms with van der Waals surface area (Å²) < 4.78 is 37.8. The van der Waals surface area contributed by atoms with Crippen molar-refractivity contribution in [3.63, 3.8) is 0 Å². The average molecular weight is 556 g/mol. The molecule has 1 saturated heterocycles. The largest absolute Gasteiger partial charge is 0.467 e. The number of hydrogen-bond donors (Lipinski definition) is 1. The monoisotopic (exact) mass is 555 g/mol. The summed E-state index contributed by atoms with van der Waals surface area (Å²) in [5.74, 6) is -0.0110. The van der Waals surface area contributed by atoms with Crippen LogP contribution >= 0.6 is 0 Å². The molecule has 11 nitrogen and oxygen atoms in total. The minimum atomic E-state index is -3.89. The Labute approximate surface area is 228 Å². The maximum atomic E-state index is 13.4. The third-order valence-corrected chi connectivity index (χ3v) is 8.63. The Morgan fingerprint density at radius 1 is 0.949 bits per heavy atom. The van der Waals surface area contributed by atoms with Gasteiger partial charge in [-0.3, -0.25) is 4.90 Å². The van der Waals surface area contributed by atoms with Gasteiger partial charge >= 0.3 is 11.9 Å². The number of nitrogens with zero attached hydrogens (tertiary/aromatic N) is 4. The molecular weight excluding hydrogens is 522 g/mol. The number of esters is 2. The van der Waals surface area contributed by atoms with Crippen LogP contribution in [0.1, 0.15) is 30.0 Å². The van der Waals surface area contributed by atoms with E-state index in [0.717, 1.165) is 10.9 Å². The molecule has 3 aromatic rings. The third kappa shape index (κ3) is 6.18. The summed E-state index contributed by atoms with van der Waals surface area (Å²) in [6.45, 7) is 5.65. The number of anilines is 1. The first-order chi connectivity index (χ1) is 18.6. The molecule has 1 N–H and O–H groups in total. The zero-order chi connectivity index (χ0) is 28.2. The number of hydrogen-bond acceptors (Lipinski definition) is 10. The van der Waals surface area contributed by atoms with E-state index < -0.39 is 22.0 Å². The van der Waals surface area contributed by atoms with Crippen LogP contribution in [0.5, 0.6) is 0 Å². The van der Waals surface area contributed by atoms with E-state index in [9.17, 15) is 18.0 Å². The highest BCUT2D eigenvalue weighted by Crippen LogP contribution is 2.25. The van der Waals surface area contributed by atoms with Crippen molar-refractivity contribution in [2.45, 2.75) is 31.3 Å². The predicted molar refractivity (Wildman–Crippen MR) is 146 cm³/mol. The number of piperazine rings is 1. The first-order valence-corrected chi connectivity index (χ1v) is 14.1. The first kappa shape index (κ1) is 28.4. The molecule has 0 saturated carbocycles. The number of rotatable bonds is 9. The van der Waals surface area contributed by atoms with Crippen LogP contribution in [0.2, 0.25) is 0 Å². The molecule has 208 valence electrons. The number of methoxy groups -OCH3 is 2. The topological polar surface area (TPSA) is 131 Å². The summed E-state index contributed by atoms with van der Waals surface area (Å²) in [7, 11) is -1.31. The number of ether oxygens (including phenoxy) is 2. The molecule has 12 heteroatoms. The van der Waals surface area contributed by atoms with Gasteiger partial charge in [0.25, 0.3) is 0 Å². The van der Waals surface area contributed by atoms with Gasteiger partial charge in [-0.05, 0) is 30.2 Å². The van der Waals surface area contributed by atoms with E-state index >= 15 is 0 Å². The molecule has 0 aliphatic carbocycles. The van der Waals surface area contributed by atoms with Crippen LogP contribution in [0, 0.1) is 5.92 Å². The van der Waals surface area contributed by atoms with E-state index in [-0.39, 0.29) is 35.4 Å². The SMILES string of the molecule is COC(=O)c1ccccc1S(=O)(=O)N1CCN(Cc2nc(N[C@H](C(=O)OC)C(C)C)c3ccccc3n2)CC1. The summed E-state index contributed by atoms with van der Waals surface area (Å²) in [6, 6.07) is 13.0. The zero-order valence-electron chi connectivity index (χ0n) is 22.5. The first-order valence-electron chi connectivity index (χ1n) is 12.7. The fourth-order valence-electron chi connectivity index (χ4n) is 4.51. The number of para-hydroxylation sites is 1. The fourth-order valence-corrected chi connectivity index (χ4v) is 6.12. The summed E-state index contributed by atoms with van der Waals surface area (Å²) in [4.78, 5) is 36.0. The van der Waals surface area contributed by atoms with E-state index in [4.69, 9.17) is 19.4 Å². The van der Waals surface area contributed by atoms with Gasteiger partial charge in [-0.15, -0.1) is 0 Å². The van der Waals surface area contributed by atoms with Gasteiger partial charge in [-0.25, -0.2) is 28.0 Å². The molecular formula is C27H33N5O6S. The van der Waals surface area contributed by atoms with Crippen LogP contribution in [0.25, 0.3) is 10.9 Å². The van der Waals surface area contributed by atoms with E-state index in [0.29, 0.717) is 31.3 Å². The van der Waals surface area contributed by atoms with Crippen molar-refractivity contribution < 1.29 is 27.5 Å². The minimum Gasteiger partial charge on any atom is -0.467 e. The van der Waals surface area contributed by atoms with Gasteiger partial charge in [-0.2, -0.15) is 4.31 Å². The lowest BCUT2D eigenvalue weighted by atomic mass is 10.0.